The number of unbranched alkanes of at least 4 members (excludes halogenated alkanes) is 5. The number of halogens is 3. The summed E-state index contributed by atoms with van der Waals surface area (Å²) in [5.74, 6) is 0. The van der Waals surface area contributed by atoms with Gasteiger partial charge in [0.25, 0.3) is 0 Å². The summed E-state index contributed by atoms with van der Waals surface area (Å²) in [4.78, 5) is 0. The molecule has 0 unspecified atom stereocenters. The molecule has 12 heavy (non-hydrogen) atoms. The molecule has 0 nitrogen and oxygen atoms in total. The standard InChI is InChI=1S/C8H17.3ClH.Sn.H/c1-3-5-7-8-6-4-2;;;;;/h1,3-8H2,2H3;3*1H;;/q;;;;+3;/p-3. The van der Waals surface area contributed by atoms with Gasteiger partial charge in [-0.15, -0.1) is 0 Å². The number of hydrogen-bond acceptors (Lipinski definition) is 0. The molecule has 0 bridgehead atoms. The van der Waals surface area contributed by atoms with Gasteiger partial charge in [0.2, 0.25) is 0 Å². The topological polar surface area (TPSA) is 0 Å². The van der Waals surface area contributed by atoms with Gasteiger partial charge in [-0.05, 0) is 0 Å². The van der Waals surface area contributed by atoms with Crippen molar-refractivity contribution in [2.45, 2.75) is 45.4 Å². The van der Waals surface area contributed by atoms with E-state index in [1.165, 1.54) is 32.1 Å². The van der Waals surface area contributed by atoms with Crippen LogP contribution >= 0.6 is 26.8 Å². The molecule has 0 amide bonds. The molecule has 4 heteroatoms. The second-order valence-electron chi connectivity index (χ2n) is 2.52. The third-order valence-electron chi connectivity index (χ3n) is 1.35. The molecule has 0 aromatic carbocycles. The first-order chi connectivity index (χ1) is 5.65. The Labute approximate surface area is 94.8 Å². The van der Waals surface area contributed by atoms with Crippen LogP contribution in [0.25, 0.3) is 0 Å². The van der Waals surface area contributed by atoms with E-state index in [1.54, 1.807) is 0 Å². The maximum absolute atomic E-state index is 5.02. The molecule has 0 heterocycles. The van der Waals surface area contributed by atoms with Gasteiger partial charge in [-0.3, -0.25) is 0 Å². The minimum absolute atomic E-state index is 1.11. The molecule has 0 aliphatic heterocycles. The average Bonchev–Trinajstić information content (AvgIpc) is 1.97. The van der Waals surface area contributed by atoms with Crippen molar-refractivity contribution in [2.24, 2.45) is 0 Å². The molecule has 0 atom stereocenters. The first kappa shape index (κ1) is 16.1. The Balaban J connectivity index is 0. The van der Waals surface area contributed by atoms with Gasteiger partial charge >= 0.3 is 43.1 Å². The molecule has 0 saturated carbocycles. The molecule has 0 aliphatic rings. The van der Waals surface area contributed by atoms with Crippen LogP contribution in [0.15, 0.2) is 0 Å². The van der Waals surface area contributed by atoms with E-state index < -0.39 is 16.4 Å². The van der Waals surface area contributed by atoms with Crippen molar-refractivity contribution >= 4 is 43.1 Å². The Morgan fingerprint density at radius 3 is 1.75 bits per heavy atom. The predicted molar refractivity (Wildman–Crippen MR) is 63.4 cm³/mol. The van der Waals surface area contributed by atoms with Gasteiger partial charge in [-0.1, -0.05) is 52.4 Å². The van der Waals surface area contributed by atoms with Crippen LogP contribution in [0.5, 0.6) is 0 Å². The molecular formula is C8H18Cl3Sn. The van der Waals surface area contributed by atoms with Gasteiger partial charge in [0.05, 0.1) is 0 Å². The molecule has 0 fully saturated rings. The van der Waals surface area contributed by atoms with Gasteiger partial charge in [0.1, 0.15) is 0 Å². The SMILES string of the molecule is [CH2]CCCCCCC.[Cl][SnH]([Cl])[Cl]. The molecule has 0 aliphatic carbocycles. The second kappa shape index (κ2) is 15.2. The summed E-state index contributed by atoms with van der Waals surface area (Å²) in [5, 5.41) is 0. The van der Waals surface area contributed by atoms with Crippen LogP contribution in [0.2, 0.25) is 0 Å². The van der Waals surface area contributed by atoms with E-state index in [2.05, 4.69) is 13.8 Å². The van der Waals surface area contributed by atoms with Gasteiger partial charge in [0.15, 0.2) is 0 Å². The van der Waals surface area contributed by atoms with Crippen molar-refractivity contribution in [3.8, 4) is 0 Å². The van der Waals surface area contributed by atoms with Crippen molar-refractivity contribution in [1.82, 2.24) is 0 Å². The van der Waals surface area contributed by atoms with Gasteiger partial charge in [0, 0.05) is 0 Å². The zero-order valence-corrected chi connectivity index (χ0v) is 13.2. The van der Waals surface area contributed by atoms with Crippen molar-refractivity contribution < 1.29 is 0 Å². The summed E-state index contributed by atoms with van der Waals surface area (Å²) < 4.78 is 0. The molecule has 0 N–H and O–H groups in total. The Morgan fingerprint density at radius 2 is 1.42 bits per heavy atom. The molecule has 1 radical (unpaired) electrons. The predicted octanol–water partition coefficient (Wildman–Crippen LogP) is 4.60. The van der Waals surface area contributed by atoms with E-state index in [0.717, 1.165) is 6.42 Å². The van der Waals surface area contributed by atoms with Crippen molar-refractivity contribution in [1.29, 1.82) is 0 Å². The first-order valence-corrected chi connectivity index (χ1v) is 16.9. The zero-order valence-electron chi connectivity index (χ0n) is 7.66. The Hall–Kier alpha value is 1.67. The first-order valence-electron chi connectivity index (χ1n) is 4.36. The summed E-state index contributed by atoms with van der Waals surface area (Å²) in [5.41, 5.74) is 0. The Morgan fingerprint density at radius 1 is 1.00 bits per heavy atom. The summed E-state index contributed by atoms with van der Waals surface area (Å²) in [6, 6.07) is 0. The monoisotopic (exact) mass is 339 g/mol. The molecule has 0 aromatic rings. The summed E-state index contributed by atoms with van der Waals surface area (Å²) >= 11 is -2.22. The van der Waals surface area contributed by atoms with Crippen LogP contribution in [0.4, 0.5) is 0 Å². The second-order valence-corrected chi connectivity index (χ2v) is 17.2. The Kier molecular flexibility index (Phi) is 20.3. The zero-order chi connectivity index (χ0) is 9.82. The van der Waals surface area contributed by atoms with E-state index in [4.69, 9.17) is 26.8 Å². The van der Waals surface area contributed by atoms with E-state index in [0.29, 0.717) is 0 Å². The van der Waals surface area contributed by atoms with Crippen LogP contribution in [0, 0.1) is 6.92 Å². The normalized spacial score (nSPS) is 9.50. The molecule has 0 aromatic heterocycles. The average molecular weight is 339 g/mol. The van der Waals surface area contributed by atoms with E-state index in [9.17, 15) is 0 Å². The third kappa shape index (κ3) is 29.9. The van der Waals surface area contributed by atoms with Crippen molar-refractivity contribution in [2.75, 3.05) is 0 Å². The van der Waals surface area contributed by atoms with Crippen molar-refractivity contribution in [3.05, 3.63) is 6.92 Å². The van der Waals surface area contributed by atoms with E-state index in [-0.39, 0.29) is 0 Å². The van der Waals surface area contributed by atoms with Crippen LogP contribution in [0.3, 0.4) is 0 Å². The van der Waals surface area contributed by atoms with Crippen LogP contribution in [0.1, 0.15) is 45.4 Å². The van der Waals surface area contributed by atoms with Crippen LogP contribution in [-0.2, 0) is 0 Å². The van der Waals surface area contributed by atoms with Gasteiger partial charge in [-0.25, -0.2) is 0 Å². The number of rotatable bonds is 5. The van der Waals surface area contributed by atoms with Gasteiger partial charge in [-0.2, -0.15) is 0 Å². The fraction of sp³-hybridized carbons (Fsp3) is 0.875. The molecule has 75 valence electrons. The molecule has 0 spiro atoms. The molecule has 0 saturated heterocycles. The summed E-state index contributed by atoms with van der Waals surface area (Å²) in [6.07, 6.45) is 7.98. The maximum atomic E-state index is 5.02. The minimum atomic E-state index is -2.22. The summed E-state index contributed by atoms with van der Waals surface area (Å²) in [6.45, 7) is 6.02. The van der Waals surface area contributed by atoms with Crippen molar-refractivity contribution in [3.63, 3.8) is 0 Å². The quantitative estimate of drug-likeness (QED) is 0.507. The fourth-order valence-electron chi connectivity index (χ4n) is 0.780. The fourth-order valence-corrected chi connectivity index (χ4v) is 0.780. The van der Waals surface area contributed by atoms with Gasteiger partial charge < -0.3 is 0 Å². The molecule has 0 rings (SSSR count). The third-order valence-corrected chi connectivity index (χ3v) is 1.35. The molecular weight excluding hydrogens is 321 g/mol. The Bertz CT molecular complexity index is 60.6. The van der Waals surface area contributed by atoms with Crippen LogP contribution < -0.4 is 0 Å². The van der Waals surface area contributed by atoms with E-state index >= 15 is 0 Å². The number of hydrogen-bond donors (Lipinski definition) is 0. The van der Waals surface area contributed by atoms with E-state index in [1.807, 2.05) is 0 Å². The summed E-state index contributed by atoms with van der Waals surface area (Å²) in [7, 11) is 15.0. The van der Waals surface area contributed by atoms with Crippen LogP contribution in [-0.4, -0.2) is 16.4 Å².